The first-order valence-electron chi connectivity index (χ1n) is 7.74. The molecule has 0 spiro atoms. The number of carbonyl (C=O) groups is 1. The van der Waals surface area contributed by atoms with Gasteiger partial charge in [-0.15, -0.1) is 0 Å². The van der Waals surface area contributed by atoms with E-state index < -0.39 is 21.3 Å². The van der Waals surface area contributed by atoms with Crippen LogP contribution in [0.3, 0.4) is 0 Å². The second-order valence-corrected chi connectivity index (χ2v) is 8.60. The van der Waals surface area contributed by atoms with Gasteiger partial charge in [0.05, 0.1) is 11.5 Å². The van der Waals surface area contributed by atoms with E-state index in [0.717, 1.165) is 12.8 Å². The van der Waals surface area contributed by atoms with Crippen LogP contribution in [0.25, 0.3) is 0 Å². The SMILES string of the molecule is CCNC1(C(=O)O)CCCC(N2CCS(=O)(=O)CC2C)C1. The van der Waals surface area contributed by atoms with Crippen LogP contribution in [0.4, 0.5) is 0 Å². The maximum atomic E-state index is 11.7. The summed E-state index contributed by atoms with van der Waals surface area (Å²) in [6, 6.07) is 0.124. The van der Waals surface area contributed by atoms with Crippen LogP contribution in [0.1, 0.15) is 39.5 Å². The van der Waals surface area contributed by atoms with Crippen molar-refractivity contribution in [2.24, 2.45) is 0 Å². The third-order valence-electron chi connectivity index (χ3n) is 4.84. The van der Waals surface area contributed by atoms with Gasteiger partial charge in [-0.3, -0.25) is 9.69 Å². The number of hydrogen-bond donors (Lipinski definition) is 2. The lowest BCUT2D eigenvalue weighted by molar-refractivity contribution is -0.147. The van der Waals surface area contributed by atoms with Crippen LogP contribution in [0.2, 0.25) is 0 Å². The summed E-state index contributed by atoms with van der Waals surface area (Å²) in [5, 5.41) is 12.8. The predicted molar refractivity (Wildman–Crippen MR) is 81.1 cm³/mol. The Morgan fingerprint density at radius 2 is 2.19 bits per heavy atom. The first-order valence-corrected chi connectivity index (χ1v) is 9.56. The third-order valence-corrected chi connectivity index (χ3v) is 6.64. The van der Waals surface area contributed by atoms with E-state index in [1.807, 2.05) is 13.8 Å². The van der Waals surface area contributed by atoms with Gasteiger partial charge in [0.1, 0.15) is 5.54 Å². The van der Waals surface area contributed by atoms with Crippen molar-refractivity contribution >= 4 is 15.8 Å². The molecular weight excluding hydrogens is 292 g/mol. The molecule has 0 aromatic carbocycles. The predicted octanol–water partition coefficient (Wildman–Crippen LogP) is 0.481. The monoisotopic (exact) mass is 318 g/mol. The Morgan fingerprint density at radius 3 is 2.76 bits per heavy atom. The quantitative estimate of drug-likeness (QED) is 0.784. The van der Waals surface area contributed by atoms with Gasteiger partial charge in [0.15, 0.2) is 9.84 Å². The molecule has 3 atom stereocenters. The first kappa shape index (κ1) is 16.7. The molecule has 0 aromatic rings. The molecule has 1 aliphatic heterocycles. The van der Waals surface area contributed by atoms with Crippen LogP contribution in [-0.4, -0.2) is 66.6 Å². The van der Waals surface area contributed by atoms with E-state index in [1.54, 1.807) is 0 Å². The number of rotatable bonds is 4. The highest BCUT2D eigenvalue weighted by atomic mass is 32.2. The number of hydrogen-bond acceptors (Lipinski definition) is 5. The molecule has 1 aliphatic carbocycles. The summed E-state index contributed by atoms with van der Waals surface area (Å²) in [7, 11) is -2.93. The fraction of sp³-hybridized carbons (Fsp3) is 0.929. The van der Waals surface area contributed by atoms with Gasteiger partial charge >= 0.3 is 5.97 Å². The molecule has 2 N–H and O–H groups in total. The van der Waals surface area contributed by atoms with Gasteiger partial charge in [-0.1, -0.05) is 6.92 Å². The van der Waals surface area contributed by atoms with E-state index in [2.05, 4.69) is 10.2 Å². The summed E-state index contributed by atoms with van der Waals surface area (Å²) >= 11 is 0. The molecule has 0 aromatic heterocycles. The maximum Gasteiger partial charge on any atom is 0.323 e. The molecule has 122 valence electrons. The largest absolute Gasteiger partial charge is 0.480 e. The van der Waals surface area contributed by atoms with Crippen molar-refractivity contribution in [1.29, 1.82) is 0 Å². The van der Waals surface area contributed by atoms with Crippen molar-refractivity contribution in [1.82, 2.24) is 10.2 Å². The summed E-state index contributed by atoms with van der Waals surface area (Å²) < 4.78 is 23.4. The van der Waals surface area contributed by atoms with Crippen molar-refractivity contribution < 1.29 is 18.3 Å². The van der Waals surface area contributed by atoms with E-state index >= 15 is 0 Å². The lowest BCUT2D eigenvalue weighted by Crippen LogP contribution is -2.61. The molecule has 1 saturated carbocycles. The second kappa shape index (κ2) is 6.22. The van der Waals surface area contributed by atoms with Crippen molar-refractivity contribution in [2.75, 3.05) is 24.6 Å². The average molecular weight is 318 g/mol. The van der Waals surface area contributed by atoms with Gasteiger partial charge < -0.3 is 10.4 Å². The van der Waals surface area contributed by atoms with E-state index in [0.29, 0.717) is 25.9 Å². The van der Waals surface area contributed by atoms with Gasteiger partial charge in [0.25, 0.3) is 0 Å². The van der Waals surface area contributed by atoms with Crippen molar-refractivity contribution in [3.63, 3.8) is 0 Å². The van der Waals surface area contributed by atoms with Crippen molar-refractivity contribution in [3.8, 4) is 0 Å². The van der Waals surface area contributed by atoms with Crippen molar-refractivity contribution in [2.45, 2.75) is 57.2 Å². The number of aliphatic carboxylic acids is 1. The smallest absolute Gasteiger partial charge is 0.323 e. The average Bonchev–Trinajstić information content (AvgIpc) is 2.38. The molecule has 0 bridgehead atoms. The van der Waals surface area contributed by atoms with Crippen LogP contribution in [0.5, 0.6) is 0 Å². The number of carboxylic acid groups (broad SMARTS) is 1. The standard InChI is InChI=1S/C14H26N2O4S/c1-3-15-14(13(17)18)6-4-5-12(9-14)16-7-8-21(19,20)10-11(16)2/h11-12,15H,3-10H2,1-2H3,(H,17,18). The minimum Gasteiger partial charge on any atom is -0.480 e. The Hall–Kier alpha value is -0.660. The maximum absolute atomic E-state index is 11.7. The van der Waals surface area contributed by atoms with Gasteiger partial charge in [0, 0.05) is 18.6 Å². The van der Waals surface area contributed by atoms with Crippen LogP contribution in [-0.2, 0) is 14.6 Å². The number of nitrogens with zero attached hydrogens (tertiary/aromatic N) is 1. The summed E-state index contributed by atoms with van der Waals surface area (Å²) in [5.41, 5.74) is -0.853. The van der Waals surface area contributed by atoms with E-state index in [1.165, 1.54) is 0 Å². The molecule has 2 aliphatic rings. The third kappa shape index (κ3) is 3.57. The fourth-order valence-electron chi connectivity index (χ4n) is 3.85. The fourth-order valence-corrected chi connectivity index (χ4v) is 5.43. The Morgan fingerprint density at radius 1 is 1.48 bits per heavy atom. The van der Waals surface area contributed by atoms with E-state index in [4.69, 9.17) is 0 Å². The molecule has 0 radical (unpaired) electrons. The Bertz CT molecular complexity index is 489. The van der Waals surface area contributed by atoms with Gasteiger partial charge in [-0.25, -0.2) is 8.42 Å². The zero-order valence-corrected chi connectivity index (χ0v) is 13.7. The molecular formula is C14H26N2O4S. The second-order valence-electron chi connectivity index (χ2n) is 6.37. The number of carboxylic acids is 1. The van der Waals surface area contributed by atoms with Crippen LogP contribution < -0.4 is 5.32 Å². The summed E-state index contributed by atoms with van der Waals surface area (Å²) in [5.74, 6) is -0.411. The lowest BCUT2D eigenvalue weighted by Gasteiger charge is -2.46. The summed E-state index contributed by atoms with van der Waals surface area (Å²) in [4.78, 5) is 13.9. The molecule has 7 heteroatoms. The topological polar surface area (TPSA) is 86.7 Å². The molecule has 1 saturated heterocycles. The Balaban J connectivity index is 2.12. The molecule has 21 heavy (non-hydrogen) atoms. The van der Waals surface area contributed by atoms with Crippen LogP contribution in [0.15, 0.2) is 0 Å². The van der Waals surface area contributed by atoms with E-state index in [9.17, 15) is 18.3 Å². The van der Waals surface area contributed by atoms with Gasteiger partial charge in [-0.2, -0.15) is 0 Å². The summed E-state index contributed by atoms with van der Waals surface area (Å²) in [6.45, 7) is 5.00. The molecule has 1 heterocycles. The molecule has 2 fully saturated rings. The van der Waals surface area contributed by atoms with Gasteiger partial charge in [0.2, 0.25) is 0 Å². The number of likely N-dealkylation sites (N-methyl/N-ethyl adjacent to an activating group) is 1. The number of nitrogens with one attached hydrogen (secondary N) is 1. The highest BCUT2D eigenvalue weighted by molar-refractivity contribution is 7.91. The van der Waals surface area contributed by atoms with E-state index in [-0.39, 0.29) is 23.6 Å². The minimum atomic E-state index is -2.93. The molecule has 6 nitrogen and oxygen atoms in total. The highest BCUT2D eigenvalue weighted by Gasteiger charge is 2.45. The zero-order chi connectivity index (χ0) is 15.7. The Kier molecular flexibility index (Phi) is 4.95. The van der Waals surface area contributed by atoms with Crippen LogP contribution in [0, 0.1) is 0 Å². The van der Waals surface area contributed by atoms with Crippen LogP contribution >= 0.6 is 0 Å². The van der Waals surface area contributed by atoms with Crippen molar-refractivity contribution in [3.05, 3.63) is 0 Å². The normalized spacial score (nSPS) is 37.2. The molecule has 0 amide bonds. The van der Waals surface area contributed by atoms with Gasteiger partial charge in [-0.05, 0) is 39.2 Å². The highest BCUT2D eigenvalue weighted by Crippen LogP contribution is 2.33. The number of sulfone groups is 1. The molecule has 3 unspecified atom stereocenters. The summed E-state index contributed by atoms with van der Waals surface area (Å²) in [6.07, 6.45) is 3.01. The first-order chi connectivity index (χ1) is 9.80. The Labute approximate surface area is 126 Å². The minimum absolute atomic E-state index is 0.0278. The lowest BCUT2D eigenvalue weighted by atomic mass is 9.78. The molecule has 2 rings (SSSR count). The zero-order valence-electron chi connectivity index (χ0n) is 12.8.